The number of anilines is 1. The molecule has 9 heteroatoms. The minimum Gasteiger partial charge on any atom is -0.441 e. The van der Waals surface area contributed by atoms with Crippen molar-refractivity contribution >= 4 is 22.6 Å². The lowest BCUT2D eigenvalue weighted by Crippen LogP contribution is -2.53. The van der Waals surface area contributed by atoms with Gasteiger partial charge in [-0.3, -0.25) is 5.32 Å². The smallest absolute Gasteiger partial charge is 0.323 e. The molecule has 2 bridgehead atoms. The number of halogens is 2. The summed E-state index contributed by atoms with van der Waals surface area (Å²) in [7, 11) is 0. The van der Waals surface area contributed by atoms with Gasteiger partial charge in [0.1, 0.15) is 5.82 Å². The highest BCUT2D eigenvalue weighted by atomic mass is 19.3. The number of nitrogens with one attached hydrogen (secondary N) is 2. The zero-order valence-electron chi connectivity index (χ0n) is 17.7. The lowest BCUT2D eigenvalue weighted by Gasteiger charge is -2.39. The van der Waals surface area contributed by atoms with E-state index < -0.39 is 6.43 Å². The van der Waals surface area contributed by atoms with Crippen LogP contribution in [-0.4, -0.2) is 52.0 Å². The van der Waals surface area contributed by atoms with E-state index in [0.717, 1.165) is 29.2 Å². The van der Waals surface area contributed by atoms with Crippen LogP contribution in [0.2, 0.25) is 0 Å². The molecule has 0 saturated carbocycles. The Bertz CT molecular complexity index is 1120. The summed E-state index contributed by atoms with van der Waals surface area (Å²) in [6, 6.07) is 7.71. The van der Waals surface area contributed by atoms with E-state index in [-0.39, 0.29) is 30.7 Å². The molecule has 0 spiro atoms. The molecule has 2 aliphatic rings. The molecule has 2 saturated heterocycles. The van der Waals surface area contributed by atoms with Crippen LogP contribution in [0.25, 0.3) is 22.1 Å². The summed E-state index contributed by atoms with van der Waals surface area (Å²) in [5.74, 6) is 1.77. The van der Waals surface area contributed by atoms with Crippen molar-refractivity contribution < 1.29 is 18.0 Å². The molecule has 3 aromatic rings. The number of aromatic nitrogens is 2. The molecule has 1 unspecified atom stereocenters. The van der Waals surface area contributed by atoms with Crippen molar-refractivity contribution in [3.8, 4) is 11.3 Å². The Morgan fingerprint density at radius 2 is 1.94 bits per heavy atom. The number of hydrogen-bond acceptors (Lipinski definition) is 5. The third kappa shape index (κ3) is 4.17. The molecular formula is C23H25F2N5O2. The van der Waals surface area contributed by atoms with Crippen molar-refractivity contribution in [3.63, 3.8) is 0 Å². The molecule has 1 aromatic carbocycles. The maximum absolute atomic E-state index is 13.0. The van der Waals surface area contributed by atoms with Crippen molar-refractivity contribution in [2.45, 2.75) is 57.2 Å². The molecule has 5 rings (SSSR count). The van der Waals surface area contributed by atoms with Gasteiger partial charge in [0.05, 0.1) is 12.7 Å². The van der Waals surface area contributed by atoms with Crippen molar-refractivity contribution in [1.82, 2.24) is 20.2 Å². The van der Waals surface area contributed by atoms with Crippen LogP contribution in [0.3, 0.4) is 0 Å². The summed E-state index contributed by atoms with van der Waals surface area (Å²) in [5.41, 5.74) is 0.901. The van der Waals surface area contributed by atoms with Gasteiger partial charge in [0.15, 0.2) is 11.7 Å². The fourth-order valence-electron chi connectivity index (χ4n) is 4.96. The number of carbonyl (C=O) groups excluding carboxylic acids is 1. The van der Waals surface area contributed by atoms with Crippen LogP contribution in [0.4, 0.5) is 19.4 Å². The predicted molar refractivity (Wildman–Crippen MR) is 117 cm³/mol. The van der Waals surface area contributed by atoms with Gasteiger partial charge in [-0.25, -0.2) is 23.5 Å². The number of benzene rings is 1. The Balaban J connectivity index is 1.29. The Morgan fingerprint density at radius 1 is 1.16 bits per heavy atom. The number of pyridine rings is 1. The average molecular weight is 441 g/mol. The molecule has 4 heterocycles. The van der Waals surface area contributed by atoms with Crippen molar-refractivity contribution in [2.24, 2.45) is 0 Å². The molecule has 7 nitrogen and oxygen atoms in total. The number of rotatable bonds is 5. The minimum absolute atomic E-state index is 0.0301. The SMILES string of the molecule is Cc1ncc(-c2ccc3cnc(NC(=O)N4[C@@H]5CC[C@H]4CC(NCC(F)F)C5)cc3c2)o1. The number of piperidine rings is 1. The second kappa shape index (κ2) is 8.46. The third-order valence-corrected chi connectivity index (χ3v) is 6.39. The van der Waals surface area contributed by atoms with Crippen LogP contribution >= 0.6 is 0 Å². The number of oxazole rings is 1. The number of urea groups is 1. The summed E-state index contributed by atoms with van der Waals surface area (Å²) < 4.78 is 30.7. The van der Waals surface area contributed by atoms with E-state index in [9.17, 15) is 13.6 Å². The molecule has 2 aliphatic heterocycles. The number of fused-ring (bicyclic) bond motifs is 3. The highest BCUT2D eigenvalue weighted by Gasteiger charge is 2.43. The zero-order valence-corrected chi connectivity index (χ0v) is 17.7. The third-order valence-electron chi connectivity index (χ3n) is 6.39. The standard InChI is InChI=1S/C23H25F2N5O2/c1-13-26-11-20(32-13)14-2-3-15-10-28-22(7-16(15)6-14)29-23(31)30-18-4-5-19(30)9-17(8-18)27-12-21(24)25/h2-3,6-7,10-11,17-19,21,27H,4-5,8-9,12H2,1H3,(H,28,29,31)/t17?,18-,19+. The van der Waals surface area contributed by atoms with Crippen LogP contribution in [0.15, 0.2) is 41.1 Å². The van der Waals surface area contributed by atoms with E-state index in [1.54, 1.807) is 19.3 Å². The Morgan fingerprint density at radius 3 is 2.62 bits per heavy atom. The highest BCUT2D eigenvalue weighted by Crippen LogP contribution is 2.36. The van der Waals surface area contributed by atoms with E-state index in [0.29, 0.717) is 30.3 Å². The molecule has 0 radical (unpaired) electrons. The van der Waals surface area contributed by atoms with Gasteiger partial charge in [-0.05, 0) is 43.2 Å². The molecule has 168 valence electrons. The lowest BCUT2D eigenvalue weighted by atomic mass is 9.97. The summed E-state index contributed by atoms with van der Waals surface area (Å²) >= 11 is 0. The van der Waals surface area contributed by atoms with Crippen LogP contribution in [0.5, 0.6) is 0 Å². The van der Waals surface area contributed by atoms with Gasteiger partial charge in [-0.15, -0.1) is 0 Å². The minimum atomic E-state index is -2.36. The van der Waals surface area contributed by atoms with Gasteiger partial charge >= 0.3 is 6.03 Å². The van der Waals surface area contributed by atoms with E-state index in [1.165, 1.54) is 0 Å². The Hall–Kier alpha value is -3.07. The number of carbonyl (C=O) groups is 1. The van der Waals surface area contributed by atoms with Gasteiger partial charge in [0, 0.05) is 42.2 Å². The van der Waals surface area contributed by atoms with Crippen molar-refractivity contribution in [2.75, 3.05) is 11.9 Å². The van der Waals surface area contributed by atoms with E-state index in [4.69, 9.17) is 4.42 Å². The summed E-state index contributed by atoms with van der Waals surface area (Å²) in [6.45, 7) is 1.50. The lowest BCUT2D eigenvalue weighted by molar-refractivity contribution is 0.115. The summed E-state index contributed by atoms with van der Waals surface area (Å²) in [6.07, 6.45) is 4.25. The topological polar surface area (TPSA) is 83.3 Å². The van der Waals surface area contributed by atoms with Crippen molar-refractivity contribution in [3.05, 3.63) is 42.5 Å². The zero-order chi connectivity index (χ0) is 22.2. The quantitative estimate of drug-likeness (QED) is 0.606. The van der Waals surface area contributed by atoms with Crippen LogP contribution in [0.1, 0.15) is 31.6 Å². The molecule has 2 fully saturated rings. The van der Waals surface area contributed by atoms with Gasteiger partial charge in [-0.2, -0.15) is 0 Å². The van der Waals surface area contributed by atoms with Gasteiger partial charge < -0.3 is 14.6 Å². The van der Waals surface area contributed by atoms with Gasteiger partial charge in [0.25, 0.3) is 6.43 Å². The van der Waals surface area contributed by atoms with E-state index in [2.05, 4.69) is 20.6 Å². The first-order chi connectivity index (χ1) is 15.5. The second-order valence-corrected chi connectivity index (χ2v) is 8.57. The molecule has 3 atom stereocenters. The molecule has 2 amide bonds. The maximum atomic E-state index is 13.0. The number of aryl methyl sites for hydroxylation is 1. The van der Waals surface area contributed by atoms with E-state index >= 15 is 0 Å². The summed E-state index contributed by atoms with van der Waals surface area (Å²) in [4.78, 5) is 23.5. The number of amides is 2. The predicted octanol–water partition coefficient (Wildman–Crippen LogP) is 4.58. The number of nitrogens with zero attached hydrogens (tertiary/aromatic N) is 3. The largest absolute Gasteiger partial charge is 0.441 e. The fourth-order valence-corrected chi connectivity index (χ4v) is 4.96. The van der Waals surface area contributed by atoms with Crippen LogP contribution < -0.4 is 10.6 Å². The van der Waals surface area contributed by atoms with E-state index in [1.807, 2.05) is 29.2 Å². The molecule has 2 N–H and O–H groups in total. The Kier molecular flexibility index (Phi) is 5.50. The highest BCUT2D eigenvalue weighted by molar-refractivity contribution is 5.93. The first-order valence-corrected chi connectivity index (χ1v) is 10.9. The first-order valence-electron chi connectivity index (χ1n) is 10.9. The van der Waals surface area contributed by atoms with Gasteiger partial charge in [0.2, 0.25) is 0 Å². The monoisotopic (exact) mass is 441 g/mol. The molecule has 0 aliphatic carbocycles. The second-order valence-electron chi connectivity index (χ2n) is 8.57. The Labute approximate surface area is 184 Å². The van der Waals surface area contributed by atoms with Crippen LogP contribution in [-0.2, 0) is 0 Å². The van der Waals surface area contributed by atoms with Crippen LogP contribution in [0, 0.1) is 6.92 Å². The summed E-state index contributed by atoms with van der Waals surface area (Å²) in [5, 5.41) is 7.75. The molecular weight excluding hydrogens is 416 g/mol. The fraction of sp³-hybridized carbons (Fsp3) is 0.435. The molecule has 2 aromatic heterocycles. The number of alkyl halides is 2. The molecule has 32 heavy (non-hydrogen) atoms. The number of hydrogen-bond donors (Lipinski definition) is 2. The average Bonchev–Trinajstić information content (AvgIpc) is 3.32. The van der Waals surface area contributed by atoms with Gasteiger partial charge in [-0.1, -0.05) is 12.1 Å². The normalized spacial score (nSPS) is 22.6. The first kappa shape index (κ1) is 20.8. The maximum Gasteiger partial charge on any atom is 0.323 e. The van der Waals surface area contributed by atoms with Crippen molar-refractivity contribution in [1.29, 1.82) is 0 Å².